The van der Waals surface area contributed by atoms with Gasteiger partial charge in [-0.25, -0.2) is 4.40 Å². The molecule has 0 aliphatic heterocycles. The number of benzene rings is 1. The minimum Gasteiger partial charge on any atom is -0.224 e. The molecular formula is C8H9NS. The van der Waals surface area contributed by atoms with Gasteiger partial charge < -0.3 is 0 Å². The van der Waals surface area contributed by atoms with Gasteiger partial charge in [0, 0.05) is 23.1 Å². The van der Waals surface area contributed by atoms with Gasteiger partial charge in [0.15, 0.2) is 0 Å². The summed E-state index contributed by atoms with van der Waals surface area (Å²) in [5, 5.41) is 0. The van der Waals surface area contributed by atoms with Crippen LogP contribution in [-0.2, 0) is 0 Å². The van der Waals surface area contributed by atoms with Crippen molar-refractivity contribution in [2.24, 2.45) is 4.40 Å². The van der Waals surface area contributed by atoms with Gasteiger partial charge in [-0.3, -0.25) is 0 Å². The first-order valence-corrected chi connectivity index (χ1v) is 3.91. The number of rotatable bonds is 2. The van der Waals surface area contributed by atoms with Crippen LogP contribution in [0.2, 0.25) is 0 Å². The normalized spacial score (nSPS) is 10.5. The maximum Gasteiger partial charge on any atom is 0.0305 e. The molecule has 1 aromatic rings. The standard InChI is InChI=1S/C8H9NS/c1-2-9-10-8-6-4-3-5-7-8/h2-7H,1H3. The molecule has 52 valence electrons. The van der Waals surface area contributed by atoms with E-state index in [1.807, 2.05) is 37.3 Å². The van der Waals surface area contributed by atoms with Crippen LogP contribution in [0.15, 0.2) is 39.6 Å². The van der Waals surface area contributed by atoms with Gasteiger partial charge >= 0.3 is 0 Å². The van der Waals surface area contributed by atoms with Crippen molar-refractivity contribution in [3.63, 3.8) is 0 Å². The van der Waals surface area contributed by atoms with Crippen LogP contribution in [-0.4, -0.2) is 6.21 Å². The third-order valence-electron chi connectivity index (χ3n) is 1.01. The largest absolute Gasteiger partial charge is 0.224 e. The van der Waals surface area contributed by atoms with Crippen molar-refractivity contribution >= 4 is 18.2 Å². The lowest BCUT2D eigenvalue weighted by Crippen LogP contribution is -1.64. The molecule has 0 unspecified atom stereocenters. The second-order valence-corrected chi connectivity index (χ2v) is 2.63. The van der Waals surface area contributed by atoms with Crippen LogP contribution in [0.25, 0.3) is 0 Å². The molecule has 0 bridgehead atoms. The predicted octanol–water partition coefficient (Wildman–Crippen LogP) is 2.78. The molecule has 10 heavy (non-hydrogen) atoms. The van der Waals surface area contributed by atoms with E-state index in [0.717, 1.165) is 0 Å². The summed E-state index contributed by atoms with van der Waals surface area (Å²) in [6.07, 6.45) is 1.79. The molecule has 0 spiro atoms. The molecule has 0 radical (unpaired) electrons. The molecule has 0 aromatic heterocycles. The van der Waals surface area contributed by atoms with E-state index in [0.29, 0.717) is 0 Å². The fraction of sp³-hybridized carbons (Fsp3) is 0.125. The van der Waals surface area contributed by atoms with Crippen LogP contribution < -0.4 is 0 Å². The molecule has 0 amide bonds. The summed E-state index contributed by atoms with van der Waals surface area (Å²) in [5.74, 6) is 0. The Hall–Kier alpha value is -0.760. The van der Waals surface area contributed by atoms with Crippen molar-refractivity contribution in [2.75, 3.05) is 0 Å². The molecule has 1 rings (SSSR count). The van der Waals surface area contributed by atoms with E-state index in [2.05, 4.69) is 4.40 Å². The van der Waals surface area contributed by atoms with E-state index >= 15 is 0 Å². The van der Waals surface area contributed by atoms with Crippen LogP contribution in [0, 0.1) is 0 Å². The Balaban J connectivity index is 2.59. The first kappa shape index (κ1) is 7.35. The highest BCUT2D eigenvalue weighted by molar-refractivity contribution is 7.98. The maximum absolute atomic E-state index is 4.03. The van der Waals surface area contributed by atoms with E-state index in [1.54, 1.807) is 6.21 Å². The van der Waals surface area contributed by atoms with Gasteiger partial charge in [-0.2, -0.15) is 0 Å². The Morgan fingerprint density at radius 3 is 2.60 bits per heavy atom. The second kappa shape index (κ2) is 4.12. The quantitative estimate of drug-likeness (QED) is 0.467. The lowest BCUT2D eigenvalue weighted by atomic mass is 10.4. The van der Waals surface area contributed by atoms with Crippen molar-refractivity contribution in [3.05, 3.63) is 30.3 Å². The monoisotopic (exact) mass is 151 g/mol. The highest BCUT2D eigenvalue weighted by Crippen LogP contribution is 2.16. The zero-order valence-electron chi connectivity index (χ0n) is 5.82. The first-order chi connectivity index (χ1) is 4.93. The molecule has 1 aromatic carbocycles. The van der Waals surface area contributed by atoms with E-state index in [9.17, 15) is 0 Å². The third-order valence-corrected chi connectivity index (χ3v) is 1.81. The van der Waals surface area contributed by atoms with Gasteiger partial charge in [-0.1, -0.05) is 18.2 Å². The molecule has 0 aliphatic rings. The Morgan fingerprint density at radius 2 is 2.00 bits per heavy atom. The topological polar surface area (TPSA) is 12.4 Å². The third kappa shape index (κ3) is 2.23. The highest BCUT2D eigenvalue weighted by atomic mass is 32.2. The zero-order valence-corrected chi connectivity index (χ0v) is 6.64. The van der Waals surface area contributed by atoms with E-state index in [4.69, 9.17) is 0 Å². The minimum atomic E-state index is 1.18. The van der Waals surface area contributed by atoms with Crippen molar-refractivity contribution in [1.82, 2.24) is 0 Å². The average Bonchev–Trinajstić information content (AvgIpc) is 2.03. The molecule has 1 nitrogen and oxygen atoms in total. The summed E-state index contributed by atoms with van der Waals surface area (Å²) in [7, 11) is 0. The van der Waals surface area contributed by atoms with Gasteiger partial charge in [0.1, 0.15) is 0 Å². The fourth-order valence-electron chi connectivity index (χ4n) is 0.595. The Morgan fingerprint density at radius 1 is 1.30 bits per heavy atom. The SMILES string of the molecule is CC=NSc1ccccc1. The molecule has 0 saturated carbocycles. The summed E-state index contributed by atoms with van der Waals surface area (Å²) >= 11 is 1.49. The molecule has 0 fully saturated rings. The summed E-state index contributed by atoms with van der Waals surface area (Å²) in [6.45, 7) is 1.91. The Bertz CT molecular complexity index is 206. The van der Waals surface area contributed by atoms with Crippen LogP contribution in [0.4, 0.5) is 0 Å². The minimum absolute atomic E-state index is 1.18. The number of hydrogen-bond donors (Lipinski definition) is 0. The lowest BCUT2D eigenvalue weighted by molar-refractivity contribution is 1.46. The van der Waals surface area contributed by atoms with Gasteiger partial charge in [0.05, 0.1) is 0 Å². The van der Waals surface area contributed by atoms with Gasteiger partial charge in [-0.05, 0) is 19.1 Å². The average molecular weight is 151 g/mol. The van der Waals surface area contributed by atoms with Crippen LogP contribution >= 0.6 is 11.9 Å². The smallest absolute Gasteiger partial charge is 0.0305 e. The summed E-state index contributed by atoms with van der Waals surface area (Å²) in [6, 6.07) is 10.1. The molecule has 2 heteroatoms. The van der Waals surface area contributed by atoms with Gasteiger partial charge in [0.2, 0.25) is 0 Å². The van der Waals surface area contributed by atoms with E-state index in [1.165, 1.54) is 16.8 Å². The molecule has 0 aliphatic carbocycles. The zero-order chi connectivity index (χ0) is 7.23. The lowest BCUT2D eigenvalue weighted by Gasteiger charge is -1.90. The van der Waals surface area contributed by atoms with Crippen molar-refractivity contribution in [3.8, 4) is 0 Å². The number of hydrogen-bond acceptors (Lipinski definition) is 2. The van der Waals surface area contributed by atoms with Crippen molar-refractivity contribution in [2.45, 2.75) is 11.8 Å². The summed E-state index contributed by atoms with van der Waals surface area (Å²) < 4.78 is 4.03. The molecular weight excluding hydrogens is 142 g/mol. The molecule has 0 saturated heterocycles. The summed E-state index contributed by atoms with van der Waals surface area (Å²) in [5.41, 5.74) is 0. The summed E-state index contributed by atoms with van der Waals surface area (Å²) in [4.78, 5) is 1.18. The first-order valence-electron chi connectivity index (χ1n) is 3.13. The van der Waals surface area contributed by atoms with Crippen LogP contribution in [0.5, 0.6) is 0 Å². The fourth-order valence-corrected chi connectivity index (χ4v) is 1.10. The van der Waals surface area contributed by atoms with Crippen LogP contribution in [0.3, 0.4) is 0 Å². The van der Waals surface area contributed by atoms with Gasteiger partial charge in [0.25, 0.3) is 0 Å². The van der Waals surface area contributed by atoms with Crippen molar-refractivity contribution < 1.29 is 0 Å². The Kier molecular flexibility index (Phi) is 3.03. The Labute approximate surface area is 65.3 Å². The highest BCUT2D eigenvalue weighted by Gasteiger charge is 1.85. The number of nitrogens with zero attached hydrogens (tertiary/aromatic N) is 1. The second-order valence-electron chi connectivity index (χ2n) is 1.77. The van der Waals surface area contributed by atoms with E-state index < -0.39 is 0 Å². The predicted molar refractivity (Wildman–Crippen MR) is 46.5 cm³/mol. The van der Waals surface area contributed by atoms with Crippen molar-refractivity contribution in [1.29, 1.82) is 0 Å². The van der Waals surface area contributed by atoms with Gasteiger partial charge in [-0.15, -0.1) is 0 Å². The van der Waals surface area contributed by atoms with E-state index in [-0.39, 0.29) is 0 Å². The maximum atomic E-state index is 4.03. The molecule has 0 N–H and O–H groups in total. The molecule has 0 atom stereocenters. The van der Waals surface area contributed by atoms with Crippen LogP contribution in [0.1, 0.15) is 6.92 Å². The molecule has 0 heterocycles.